The van der Waals surface area contributed by atoms with Crippen molar-refractivity contribution in [2.45, 2.75) is 59.4 Å². The van der Waals surface area contributed by atoms with Gasteiger partial charge in [-0.1, -0.05) is 20.8 Å². The second kappa shape index (κ2) is 12.8. The predicted octanol–water partition coefficient (Wildman–Crippen LogP) is 2.54. The number of rotatable bonds is 7. The second-order valence-corrected chi connectivity index (χ2v) is 8.21. The molecule has 2 heterocycles. The zero-order valence-electron chi connectivity index (χ0n) is 17.7. The Kier molecular flexibility index (Phi) is 11.6. The van der Waals surface area contributed by atoms with E-state index in [1.54, 1.807) is 0 Å². The fourth-order valence-corrected chi connectivity index (χ4v) is 3.73. The third-order valence-electron chi connectivity index (χ3n) is 5.46. The van der Waals surface area contributed by atoms with Gasteiger partial charge in [0.2, 0.25) is 5.91 Å². The van der Waals surface area contributed by atoms with Crippen LogP contribution in [0.4, 0.5) is 0 Å². The molecule has 27 heavy (non-hydrogen) atoms. The lowest BCUT2D eigenvalue weighted by Crippen LogP contribution is -2.45. The molecule has 2 aliphatic heterocycles. The number of piperidine rings is 1. The molecule has 2 rings (SSSR count). The number of amides is 1. The Labute approximate surface area is 182 Å². The van der Waals surface area contributed by atoms with Crippen LogP contribution in [0.25, 0.3) is 0 Å². The van der Waals surface area contributed by atoms with Crippen LogP contribution in [-0.4, -0.2) is 73.5 Å². The molecule has 7 heteroatoms. The molecule has 0 aromatic rings. The summed E-state index contributed by atoms with van der Waals surface area (Å²) in [5.41, 5.74) is 0. The second-order valence-electron chi connectivity index (χ2n) is 8.21. The van der Waals surface area contributed by atoms with E-state index < -0.39 is 0 Å². The smallest absolute Gasteiger partial charge is 0.225 e. The highest BCUT2D eigenvalue weighted by Crippen LogP contribution is 2.16. The number of carbonyl (C=O) groups is 1. The van der Waals surface area contributed by atoms with E-state index in [4.69, 9.17) is 4.99 Å². The highest BCUT2D eigenvalue weighted by atomic mass is 127. The van der Waals surface area contributed by atoms with Crippen molar-refractivity contribution < 1.29 is 4.79 Å². The lowest BCUT2D eigenvalue weighted by molar-refractivity contribution is -0.133. The van der Waals surface area contributed by atoms with E-state index in [-0.39, 0.29) is 35.8 Å². The molecule has 0 aromatic carbocycles. The zero-order valence-corrected chi connectivity index (χ0v) is 20.0. The van der Waals surface area contributed by atoms with Gasteiger partial charge >= 0.3 is 0 Å². The first kappa shape index (κ1) is 24.5. The minimum Gasteiger partial charge on any atom is -0.357 e. The first-order chi connectivity index (χ1) is 12.5. The molecule has 6 nitrogen and oxygen atoms in total. The van der Waals surface area contributed by atoms with Gasteiger partial charge in [-0.05, 0) is 58.2 Å². The lowest BCUT2D eigenvalue weighted by atomic mass is 9.99. The maximum absolute atomic E-state index is 12.1. The monoisotopic (exact) mass is 493 g/mol. The molecule has 2 saturated heterocycles. The summed E-state index contributed by atoms with van der Waals surface area (Å²) in [6, 6.07) is 0.305. The van der Waals surface area contributed by atoms with E-state index >= 15 is 0 Å². The van der Waals surface area contributed by atoms with Crippen LogP contribution in [-0.2, 0) is 4.79 Å². The fourth-order valence-electron chi connectivity index (χ4n) is 3.73. The standard InChI is InChI=1S/C20H39N5O.HI/c1-5-21-20(22-10-6-11-24-12-7-17(4)8-13-24)23-18-9-14-25(15-18)19(26)16(2)3;/h16-18H,5-15H2,1-4H3,(H2,21,22,23);1H. The SMILES string of the molecule is CCNC(=NCCCN1CCC(C)CC1)NC1CCN(C(=O)C(C)C)C1.I. The van der Waals surface area contributed by atoms with E-state index in [9.17, 15) is 4.79 Å². The maximum atomic E-state index is 12.1. The van der Waals surface area contributed by atoms with Crippen molar-refractivity contribution in [3.63, 3.8) is 0 Å². The Morgan fingerprint density at radius 3 is 2.52 bits per heavy atom. The molecule has 0 radical (unpaired) electrons. The van der Waals surface area contributed by atoms with Crippen molar-refractivity contribution in [1.29, 1.82) is 0 Å². The van der Waals surface area contributed by atoms with E-state index in [2.05, 4.69) is 29.4 Å². The van der Waals surface area contributed by atoms with Gasteiger partial charge in [-0.2, -0.15) is 0 Å². The van der Waals surface area contributed by atoms with Gasteiger partial charge in [0, 0.05) is 38.1 Å². The van der Waals surface area contributed by atoms with Crippen molar-refractivity contribution in [1.82, 2.24) is 20.4 Å². The maximum Gasteiger partial charge on any atom is 0.225 e. The number of guanidine groups is 1. The van der Waals surface area contributed by atoms with E-state index in [0.29, 0.717) is 6.04 Å². The molecule has 0 saturated carbocycles. The number of nitrogens with one attached hydrogen (secondary N) is 2. The molecule has 1 unspecified atom stereocenters. The van der Waals surface area contributed by atoms with Crippen LogP contribution in [0, 0.1) is 11.8 Å². The average Bonchev–Trinajstić information content (AvgIpc) is 3.08. The van der Waals surface area contributed by atoms with Crippen molar-refractivity contribution in [3.05, 3.63) is 0 Å². The van der Waals surface area contributed by atoms with Gasteiger partial charge in [-0.25, -0.2) is 0 Å². The molecular formula is C20H40IN5O. The van der Waals surface area contributed by atoms with E-state index in [1.807, 2.05) is 18.7 Å². The third-order valence-corrected chi connectivity index (χ3v) is 5.46. The van der Waals surface area contributed by atoms with Gasteiger partial charge in [-0.15, -0.1) is 24.0 Å². The molecule has 2 N–H and O–H groups in total. The Morgan fingerprint density at radius 2 is 1.89 bits per heavy atom. The van der Waals surface area contributed by atoms with Crippen LogP contribution >= 0.6 is 24.0 Å². The van der Waals surface area contributed by atoms with Crippen molar-refractivity contribution in [2.24, 2.45) is 16.8 Å². The van der Waals surface area contributed by atoms with Crippen LogP contribution in [0.2, 0.25) is 0 Å². The summed E-state index contributed by atoms with van der Waals surface area (Å²) in [5.74, 6) is 2.12. The molecule has 0 spiro atoms. The number of hydrogen-bond acceptors (Lipinski definition) is 3. The topological polar surface area (TPSA) is 60.0 Å². The van der Waals surface area contributed by atoms with Gasteiger partial charge in [0.05, 0.1) is 0 Å². The first-order valence-electron chi connectivity index (χ1n) is 10.6. The Balaban J connectivity index is 0.00000364. The van der Waals surface area contributed by atoms with Gasteiger partial charge in [0.15, 0.2) is 5.96 Å². The predicted molar refractivity (Wildman–Crippen MR) is 124 cm³/mol. The number of likely N-dealkylation sites (tertiary alicyclic amines) is 2. The van der Waals surface area contributed by atoms with E-state index in [1.165, 1.54) is 25.9 Å². The number of halogens is 1. The van der Waals surface area contributed by atoms with Crippen molar-refractivity contribution in [3.8, 4) is 0 Å². The number of nitrogens with zero attached hydrogens (tertiary/aromatic N) is 3. The zero-order chi connectivity index (χ0) is 18.9. The fraction of sp³-hybridized carbons (Fsp3) is 0.900. The molecule has 1 atom stereocenters. The number of hydrogen-bond donors (Lipinski definition) is 2. The summed E-state index contributed by atoms with van der Waals surface area (Å²) in [5, 5.41) is 6.86. The summed E-state index contributed by atoms with van der Waals surface area (Å²) in [4.78, 5) is 21.4. The summed E-state index contributed by atoms with van der Waals surface area (Å²) < 4.78 is 0. The number of aliphatic imine (C=N–C) groups is 1. The third kappa shape index (κ3) is 8.54. The quantitative estimate of drug-likeness (QED) is 0.248. The molecule has 158 valence electrons. The Hall–Kier alpha value is -0.570. The van der Waals surface area contributed by atoms with Gasteiger partial charge in [0.25, 0.3) is 0 Å². The van der Waals surface area contributed by atoms with Gasteiger partial charge in [-0.3, -0.25) is 9.79 Å². The van der Waals surface area contributed by atoms with Crippen LogP contribution < -0.4 is 10.6 Å². The highest BCUT2D eigenvalue weighted by Gasteiger charge is 2.27. The molecule has 0 bridgehead atoms. The Morgan fingerprint density at radius 1 is 1.19 bits per heavy atom. The molecule has 0 aliphatic carbocycles. The molecule has 2 fully saturated rings. The van der Waals surface area contributed by atoms with Crippen LogP contribution in [0.15, 0.2) is 4.99 Å². The summed E-state index contributed by atoms with van der Waals surface area (Å²) in [7, 11) is 0. The van der Waals surface area contributed by atoms with Crippen LogP contribution in [0.3, 0.4) is 0 Å². The molecular weight excluding hydrogens is 453 g/mol. The molecule has 1 amide bonds. The van der Waals surface area contributed by atoms with Crippen LogP contribution in [0.1, 0.15) is 53.4 Å². The normalized spacial score (nSPS) is 22.0. The Bertz CT molecular complexity index is 463. The largest absolute Gasteiger partial charge is 0.357 e. The van der Waals surface area contributed by atoms with Gasteiger partial charge < -0.3 is 20.4 Å². The van der Waals surface area contributed by atoms with Crippen molar-refractivity contribution in [2.75, 3.05) is 45.8 Å². The number of carbonyl (C=O) groups excluding carboxylic acids is 1. The first-order valence-corrected chi connectivity index (χ1v) is 10.6. The highest BCUT2D eigenvalue weighted by molar-refractivity contribution is 14.0. The molecule has 0 aromatic heterocycles. The minimum atomic E-state index is 0. The van der Waals surface area contributed by atoms with Crippen molar-refractivity contribution >= 4 is 35.8 Å². The lowest BCUT2D eigenvalue weighted by Gasteiger charge is -2.29. The van der Waals surface area contributed by atoms with E-state index in [0.717, 1.165) is 57.4 Å². The minimum absolute atomic E-state index is 0. The van der Waals surface area contributed by atoms with Crippen LogP contribution in [0.5, 0.6) is 0 Å². The summed E-state index contributed by atoms with van der Waals surface area (Å²) in [6.45, 7) is 15.4. The van der Waals surface area contributed by atoms with Gasteiger partial charge in [0.1, 0.15) is 0 Å². The summed E-state index contributed by atoms with van der Waals surface area (Å²) >= 11 is 0. The molecule has 2 aliphatic rings. The summed E-state index contributed by atoms with van der Waals surface area (Å²) in [6.07, 6.45) is 4.77. The average molecular weight is 493 g/mol.